The number of nitro benzene ring substituents is 1. The number of methoxy groups -OCH3 is 1. The first-order valence-corrected chi connectivity index (χ1v) is 7.31. The van der Waals surface area contributed by atoms with Crippen molar-refractivity contribution in [1.29, 1.82) is 0 Å². The van der Waals surface area contributed by atoms with Crippen molar-refractivity contribution in [3.8, 4) is 0 Å². The molecule has 3 rings (SSSR count). The smallest absolute Gasteiger partial charge is 0.456 e. The predicted octanol–water partition coefficient (Wildman–Crippen LogP) is 2.11. The van der Waals surface area contributed by atoms with Crippen LogP contribution in [-0.2, 0) is 19.0 Å². The van der Waals surface area contributed by atoms with Gasteiger partial charge in [0.25, 0.3) is 5.69 Å². The number of ether oxygens (including phenoxy) is 3. The molecule has 130 valence electrons. The van der Waals surface area contributed by atoms with Crippen LogP contribution in [-0.4, -0.2) is 30.8 Å². The van der Waals surface area contributed by atoms with Crippen molar-refractivity contribution < 1.29 is 28.7 Å². The van der Waals surface area contributed by atoms with E-state index in [2.05, 4.69) is 10.1 Å². The molecule has 9 heteroatoms. The summed E-state index contributed by atoms with van der Waals surface area (Å²) in [4.78, 5) is 34.7. The van der Waals surface area contributed by atoms with Crippen LogP contribution in [0.15, 0.2) is 47.0 Å². The number of rotatable bonds is 3. The number of esters is 1. The molecule has 25 heavy (non-hydrogen) atoms. The molecule has 1 aromatic rings. The number of para-hydroxylation sites is 1. The molecule has 0 amide bonds. The molecule has 0 saturated heterocycles. The van der Waals surface area contributed by atoms with Gasteiger partial charge < -0.3 is 19.5 Å². The standard InChI is InChI=1S/C16H14N2O7/c1-8-14(25-16(20)23-2)12(13-10(17-8)7-24-15(13)19)9-5-3-4-6-11(9)18(21)22/h3-6,12,17H,7H2,1-2H3. The molecule has 2 aliphatic rings. The van der Waals surface area contributed by atoms with Crippen LogP contribution in [0, 0.1) is 10.1 Å². The molecular weight excluding hydrogens is 332 g/mol. The average molecular weight is 346 g/mol. The van der Waals surface area contributed by atoms with Gasteiger partial charge in [0.15, 0.2) is 0 Å². The third-order valence-electron chi connectivity index (χ3n) is 3.96. The predicted molar refractivity (Wildman–Crippen MR) is 83.1 cm³/mol. The Morgan fingerprint density at radius 3 is 2.80 bits per heavy atom. The lowest BCUT2D eigenvalue weighted by molar-refractivity contribution is -0.385. The lowest BCUT2D eigenvalue weighted by atomic mass is 9.85. The van der Waals surface area contributed by atoms with Gasteiger partial charge in [0, 0.05) is 11.6 Å². The molecule has 0 aromatic heterocycles. The zero-order valence-corrected chi connectivity index (χ0v) is 13.4. The average Bonchev–Trinajstić information content (AvgIpc) is 2.95. The number of carbonyl (C=O) groups is 2. The SMILES string of the molecule is COC(=O)OC1=C(C)NC2=C(C(=O)OC2)C1c1ccccc1[N+](=O)[O-]. The summed E-state index contributed by atoms with van der Waals surface area (Å²) >= 11 is 0. The molecule has 9 nitrogen and oxygen atoms in total. The zero-order chi connectivity index (χ0) is 18.1. The van der Waals surface area contributed by atoms with Crippen molar-refractivity contribution in [2.75, 3.05) is 13.7 Å². The van der Waals surface area contributed by atoms with E-state index < -0.39 is 23.0 Å². The van der Waals surface area contributed by atoms with Crippen molar-refractivity contribution in [3.63, 3.8) is 0 Å². The molecule has 1 N–H and O–H groups in total. The first-order valence-electron chi connectivity index (χ1n) is 7.31. The fourth-order valence-electron chi connectivity index (χ4n) is 2.91. The van der Waals surface area contributed by atoms with Gasteiger partial charge in [-0.1, -0.05) is 18.2 Å². The van der Waals surface area contributed by atoms with E-state index in [1.54, 1.807) is 13.0 Å². The van der Waals surface area contributed by atoms with E-state index >= 15 is 0 Å². The summed E-state index contributed by atoms with van der Waals surface area (Å²) in [6, 6.07) is 5.96. The number of dihydropyridines is 1. The summed E-state index contributed by atoms with van der Waals surface area (Å²) in [5, 5.41) is 14.4. The van der Waals surface area contributed by atoms with Crippen molar-refractivity contribution in [3.05, 3.63) is 62.7 Å². The van der Waals surface area contributed by atoms with E-state index in [1.165, 1.54) is 18.2 Å². The van der Waals surface area contributed by atoms with Gasteiger partial charge in [-0.25, -0.2) is 9.59 Å². The molecular formula is C16H14N2O7. The second kappa shape index (κ2) is 6.27. The molecule has 0 aliphatic carbocycles. The molecule has 1 atom stereocenters. The fourth-order valence-corrected chi connectivity index (χ4v) is 2.91. The Hall–Kier alpha value is -3.36. The third kappa shape index (κ3) is 2.80. The summed E-state index contributed by atoms with van der Waals surface area (Å²) in [7, 11) is 1.14. The number of nitrogens with zero attached hydrogens (tertiary/aromatic N) is 1. The van der Waals surface area contributed by atoms with Gasteiger partial charge >= 0.3 is 12.1 Å². The van der Waals surface area contributed by atoms with Crippen molar-refractivity contribution >= 4 is 17.8 Å². The fraction of sp³-hybridized carbons (Fsp3) is 0.250. The van der Waals surface area contributed by atoms with Crippen LogP contribution in [0.5, 0.6) is 0 Å². The molecule has 0 saturated carbocycles. The molecule has 1 unspecified atom stereocenters. The van der Waals surface area contributed by atoms with Gasteiger partial charge in [0.2, 0.25) is 0 Å². The van der Waals surface area contributed by atoms with Crippen molar-refractivity contribution in [1.82, 2.24) is 5.32 Å². The highest BCUT2D eigenvalue weighted by molar-refractivity contribution is 5.95. The normalized spacial score (nSPS) is 19.1. The van der Waals surface area contributed by atoms with E-state index in [-0.39, 0.29) is 29.2 Å². The van der Waals surface area contributed by atoms with E-state index in [0.717, 1.165) is 7.11 Å². The van der Waals surface area contributed by atoms with Gasteiger partial charge in [-0.2, -0.15) is 0 Å². The second-order valence-corrected chi connectivity index (χ2v) is 5.39. The monoisotopic (exact) mass is 346 g/mol. The van der Waals surface area contributed by atoms with Crippen LogP contribution in [0.2, 0.25) is 0 Å². The Bertz CT molecular complexity index is 841. The number of nitrogens with one attached hydrogen (secondary N) is 1. The number of nitro groups is 1. The first-order chi connectivity index (χ1) is 11.9. The lowest BCUT2D eigenvalue weighted by Gasteiger charge is -2.27. The van der Waals surface area contributed by atoms with Crippen LogP contribution >= 0.6 is 0 Å². The molecule has 1 aromatic carbocycles. The van der Waals surface area contributed by atoms with Crippen molar-refractivity contribution in [2.24, 2.45) is 0 Å². The Balaban J connectivity index is 2.19. The Labute approximate surface area is 142 Å². The summed E-state index contributed by atoms with van der Waals surface area (Å²) in [5.74, 6) is -1.52. The van der Waals surface area contributed by atoms with Crippen LogP contribution in [0.25, 0.3) is 0 Å². The minimum absolute atomic E-state index is 0.0220. The van der Waals surface area contributed by atoms with E-state index in [9.17, 15) is 19.7 Å². The van der Waals surface area contributed by atoms with Crippen LogP contribution < -0.4 is 5.32 Å². The van der Waals surface area contributed by atoms with Gasteiger partial charge in [-0.15, -0.1) is 0 Å². The van der Waals surface area contributed by atoms with Gasteiger partial charge in [-0.05, 0) is 6.92 Å². The highest BCUT2D eigenvalue weighted by Gasteiger charge is 2.43. The lowest BCUT2D eigenvalue weighted by Crippen LogP contribution is -2.28. The number of allylic oxidation sites excluding steroid dienone is 2. The van der Waals surface area contributed by atoms with E-state index in [1.807, 2.05) is 0 Å². The summed E-state index contributed by atoms with van der Waals surface area (Å²) in [6.45, 7) is 1.65. The molecule has 0 fully saturated rings. The van der Waals surface area contributed by atoms with Crippen LogP contribution in [0.3, 0.4) is 0 Å². The maximum atomic E-state index is 12.2. The summed E-state index contributed by atoms with van der Waals surface area (Å²) < 4.78 is 14.8. The Morgan fingerprint density at radius 2 is 2.12 bits per heavy atom. The summed E-state index contributed by atoms with van der Waals surface area (Å²) in [5.41, 5.74) is 1.13. The number of hydrogen-bond donors (Lipinski definition) is 1. The third-order valence-corrected chi connectivity index (χ3v) is 3.96. The maximum absolute atomic E-state index is 12.2. The van der Waals surface area contributed by atoms with Crippen LogP contribution in [0.4, 0.5) is 10.5 Å². The molecule has 0 spiro atoms. The Kier molecular flexibility index (Phi) is 4.14. The van der Waals surface area contributed by atoms with Gasteiger partial charge in [0.05, 0.1) is 34.9 Å². The van der Waals surface area contributed by atoms with Gasteiger partial charge in [0.1, 0.15) is 12.4 Å². The summed E-state index contributed by atoms with van der Waals surface area (Å²) in [6.07, 6.45) is -0.991. The highest BCUT2D eigenvalue weighted by atomic mass is 16.7. The number of carbonyl (C=O) groups excluding carboxylic acids is 2. The molecule has 0 radical (unpaired) electrons. The number of benzene rings is 1. The Morgan fingerprint density at radius 1 is 1.40 bits per heavy atom. The maximum Gasteiger partial charge on any atom is 0.513 e. The van der Waals surface area contributed by atoms with Gasteiger partial charge in [-0.3, -0.25) is 10.1 Å². The van der Waals surface area contributed by atoms with E-state index in [0.29, 0.717) is 11.4 Å². The number of hydrogen-bond acceptors (Lipinski definition) is 8. The van der Waals surface area contributed by atoms with Crippen LogP contribution in [0.1, 0.15) is 18.4 Å². The molecule has 2 heterocycles. The zero-order valence-electron chi connectivity index (χ0n) is 13.4. The quantitative estimate of drug-likeness (QED) is 0.502. The van der Waals surface area contributed by atoms with Crippen molar-refractivity contribution in [2.45, 2.75) is 12.8 Å². The largest absolute Gasteiger partial charge is 0.513 e. The molecule has 2 aliphatic heterocycles. The first kappa shape index (κ1) is 16.5. The molecule has 0 bridgehead atoms. The topological polar surface area (TPSA) is 117 Å². The minimum atomic E-state index is -0.991. The highest BCUT2D eigenvalue weighted by Crippen LogP contribution is 2.44. The second-order valence-electron chi connectivity index (χ2n) is 5.39. The number of cyclic esters (lactones) is 1. The van der Waals surface area contributed by atoms with E-state index in [4.69, 9.17) is 9.47 Å². The minimum Gasteiger partial charge on any atom is -0.456 e.